The molecule has 2 saturated heterocycles. The first kappa shape index (κ1) is 33.6. The minimum absolute atomic E-state index is 0.122. The van der Waals surface area contributed by atoms with Crippen molar-refractivity contribution >= 4 is 38.3 Å². The van der Waals surface area contributed by atoms with Gasteiger partial charge < -0.3 is 20.8 Å². The molecule has 3 aromatic heterocycles. The van der Waals surface area contributed by atoms with Crippen molar-refractivity contribution in [2.45, 2.75) is 89.8 Å². The molecule has 0 aliphatic carbocycles. The lowest BCUT2D eigenvalue weighted by Gasteiger charge is -2.44. The van der Waals surface area contributed by atoms with E-state index in [9.17, 15) is 28.6 Å². The fraction of sp³-hybridized carbons (Fsp3) is 0.545. The van der Waals surface area contributed by atoms with Gasteiger partial charge in [0.1, 0.15) is 28.7 Å². The van der Waals surface area contributed by atoms with Crippen molar-refractivity contribution in [3.63, 3.8) is 0 Å². The Labute approximate surface area is 275 Å². The predicted molar refractivity (Wildman–Crippen MR) is 176 cm³/mol. The maximum Gasteiger partial charge on any atom is 0.393 e. The molecule has 2 aliphatic heterocycles. The summed E-state index contributed by atoms with van der Waals surface area (Å²) in [7, 11) is 0. The topological polar surface area (TPSA) is 126 Å². The van der Waals surface area contributed by atoms with E-state index in [0.717, 1.165) is 53.8 Å². The molecule has 6 rings (SSSR count). The van der Waals surface area contributed by atoms with E-state index >= 15 is 0 Å². The average molecular weight is 671 g/mol. The SMILES string of the molecule is Cc1c(CN2CCC(Nc3ncnc4sc(CC(F)(F)F)cc34)CC2)ccc2c1cc(C#N)n2C(O)(O)C(C)N1CC(C)N[C@H](C)C1. The number of nitrogens with one attached hydrogen (secondary N) is 2. The van der Waals surface area contributed by atoms with Gasteiger partial charge in [0.05, 0.1) is 23.4 Å². The van der Waals surface area contributed by atoms with Crippen molar-refractivity contribution in [2.75, 3.05) is 31.5 Å². The van der Waals surface area contributed by atoms with Crippen LogP contribution in [0.25, 0.3) is 21.1 Å². The van der Waals surface area contributed by atoms with E-state index < -0.39 is 24.6 Å². The van der Waals surface area contributed by atoms with E-state index in [1.807, 2.05) is 19.1 Å². The van der Waals surface area contributed by atoms with Gasteiger partial charge in [0.2, 0.25) is 0 Å². The number of hydrogen-bond donors (Lipinski definition) is 4. The first-order valence-electron chi connectivity index (χ1n) is 16.0. The van der Waals surface area contributed by atoms with Gasteiger partial charge in [-0.1, -0.05) is 6.07 Å². The fourth-order valence-corrected chi connectivity index (χ4v) is 8.19. The number of alkyl halides is 3. The number of piperidine rings is 1. The van der Waals surface area contributed by atoms with Gasteiger partial charge in [-0.2, -0.15) is 18.4 Å². The van der Waals surface area contributed by atoms with Gasteiger partial charge >= 0.3 is 6.18 Å². The summed E-state index contributed by atoms with van der Waals surface area (Å²) in [5.41, 5.74) is 2.87. The average Bonchev–Trinajstić information content (AvgIpc) is 3.60. The van der Waals surface area contributed by atoms with E-state index in [2.05, 4.69) is 50.3 Å². The number of thiophene rings is 1. The molecule has 3 atom stereocenters. The number of aliphatic hydroxyl groups is 2. The highest BCUT2D eigenvalue weighted by Crippen LogP contribution is 2.35. The minimum atomic E-state index is -4.27. The molecule has 10 nitrogen and oxygen atoms in total. The van der Waals surface area contributed by atoms with Crippen LogP contribution in [0, 0.1) is 18.3 Å². The summed E-state index contributed by atoms with van der Waals surface area (Å²) in [5.74, 6) is -1.73. The monoisotopic (exact) mass is 670 g/mol. The first-order valence-corrected chi connectivity index (χ1v) is 16.8. The van der Waals surface area contributed by atoms with Gasteiger partial charge in [0, 0.05) is 61.1 Å². The Balaban J connectivity index is 1.14. The van der Waals surface area contributed by atoms with Gasteiger partial charge in [-0.05, 0) is 69.9 Å². The van der Waals surface area contributed by atoms with E-state index in [1.54, 1.807) is 19.1 Å². The van der Waals surface area contributed by atoms with Crippen molar-refractivity contribution in [3.8, 4) is 6.07 Å². The number of anilines is 1. The highest BCUT2D eigenvalue weighted by atomic mass is 32.1. The molecule has 2 unspecified atom stereocenters. The van der Waals surface area contributed by atoms with Crippen LogP contribution in [-0.2, 0) is 18.9 Å². The number of likely N-dealkylation sites (tertiary alicyclic amines) is 1. The molecule has 252 valence electrons. The molecule has 0 saturated carbocycles. The van der Waals surface area contributed by atoms with Gasteiger partial charge in [0.25, 0.3) is 5.91 Å². The Kier molecular flexibility index (Phi) is 9.25. The third-order valence-corrected chi connectivity index (χ3v) is 10.6. The molecular weight excluding hydrogens is 629 g/mol. The van der Waals surface area contributed by atoms with Crippen molar-refractivity contribution in [1.29, 1.82) is 5.26 Å². The van der Waals surface area contributed by atoms with Crippen LogP contribution in [0.4, 0.5) is 19.0 Å². The fourth-order valence-electron chi connectivity index (χ4n) is 7.17. The lowest BCUT2D eigenvalue weighted by Crippen LogP contribution is -2.62. The standard InChI is InChI=1S/C33H41F3N8O2S/c1-19-15-43(16-20(2)40-19)22(4)33(45,46)44-25(14-37)11-27-21(3)23(5-6-29(27)44)17-42-9-7-24(8-10-42)41-30-28-12-26(13-32(34,35)36)47-31(28)39-18-38-30/h5-6,11-12,18-20,22,24,40,45-46H,7-10,13,15-17H2,1-4H3,(H,38,39,41)/t19-,20?,22?/m1/s1. The van der Waals surface area contributed by atoms with Gasteiger partial charge in [-0.15, -0.1) is 11.3 Å². The predicted octanol–water partition coefficient (Wildman–Crippen LogP) is 4.67. The van der Waals surface area contributed by atoms with Crippen molar-refractivity contribution in [1.82, 2.24) is 29.7 Å². The number of hydrogen-bond acceptors (Lipinski definition) is 10. The number of benzene rings is 1. The van der Waals surface area contributed by atoms with E-state index in [0.29, 0.717) is 41.2 Å². The quantitative estimate of drug-likeness (QED) is 0.198. The Bertz CT molecular complexity index is 1780. The van der Waals surface area contributed by atoms with Crippen molar-refractivity contribution in [2.24, 2.45) is 0 Å². The Hall–Kier alpha value is -3.32. The molecule has 1 aromatic carbocycles. The minimum Gasteiger partial charge on any atom is -0.367 e. The number of nitrogens with zero attached hydrogens (tertiary/aromatic N) is 6. The summed E-state index contributed by atoms with van der Waals surface area (Å²) in [5, 5.41) is 41.5. The van der Waals surface area contributed by atoms with Crippen LogP contribution >= 0.6 is 11.3 Å². The van der Waals surface area contributed by atoms with Gasteiger partial charge in [0.15, 0.2) is 0 Å². The van der Waals surface area contributed by atoms with Crippen LogP contribution in [-0.4, -0.2) is 91.1 Å². The molecule has 0 spiro atoms. The zero-order chi connectivity index (χ0) is 33.7. The van der Waals surface area contributed by atoms with Crippen LogP contribution in [0.3, 0.4) is 0 Å². The zero-order valence-corrected chi connectivity index (χ0v) is 27.8. The van der Waals surface area contributed by atoms with E-state index in [-0.39, 0.29) is 28.7 Å². The lowest BCUT2D eigenvalue weighted by atomic mass is 10.0. The highest BCUT2D eigenvalue weighted by Gasteiger charge is 2.42. The molecule has 0 amide bonds. The van der Waals surface area contributed by atoms with Crippen LogP contribution in [0.5, 0.6) is 0 Å². The summed E-state index contributed by atoms with van der Waals surface area (Å²) >= 11 is 1.05. The van der Waals surface area contributed by atoms with Crippen LogP contribution in [0.15, 0.2) is 30.6 Å². The Morgan fingerprint density at radius 2 is 1.81 bits per heavy atom. The van der Waals surface area contributed by atoms with Crippen molar-refractivity contribution < 1.29 is 23.4 Å². The summed E-state index contributed by atoms with van der Waals surface area (Å²) < 4.78 is 40.2. The van der Waals surface area contributed by atoms with E-state index in [1.165, 1.54) is 10.9 Å². The third kappa shape index (κ3) is 6.97. The molecule has 14 heteroatoms. The van der Waals surface area contributed by atoms with Crippen LogP contribution < -0.4 is 10.6 Å². The molecule has 4 N–H and O–H groups in total. The molecule has 4 aromatic rings. The maximum atomic E-state index is 12.9. The highest BCUT2D eigenvalue weighted by molar-refractivity contribution is 7.18. The third-order valence-electron chi connectivity index (χ3n) is 9.58. The smallest absolute Gasteiger partial charge is 0.367 e. The number of piperazine rings is 1. The second kappa shape index (κ2) is 12.9. The second-order valence-electron chi connectivity index (χ2n) is 13.2. The van der Waals surface area contributed by atoms with Gasteiger partial charge in [-0.3, -0.25) is 14.4 Å². The van der Waals surface area contributed by atoms with E-state index in [4.69, 9.17) is 0 Å². The zero-order valence-electron chi connectivity index (χ0n) is 27.0. The van der Waals surface area contributed by atoms with Crippen LogP contribution in [0.2, 0.25) is 0 Å². The summed E-state index contributed by atoms with van der Waals surface area (Å²) in [6.07, 6.45) is -2.19. The Morgan fingerprint density at radius 1 is 1.11 bits per heavy atom. The number of fused-ring (bicyclic) bond motifs is 2. The molecular formula is C33H41F3N8O2S. The Morgan fingerprint density at radius 3 is 2.47 bits per heavy atom. The number of nitriles is 1. The summed E-state index contributed by atoms with van der Waals surface area (Å²) in [4.78, 5) is 13.7. The lowest BCUT2D eigenvalue weighted by molar-refractivity contribution is -0.265. The molecule has 0 bridgehead atoms. The summed E-state index contributed by atoms with van der Waals surface area (Å²) in [6.45, 7) is 11.6. The number of aromatic nitrogens is 3. The van der Waals surface area contributed by atoms with Crippen LogP contribution in [0.1, 0.15) is 55.3 Å². The number of rotatable bonds is 8. The first-order chi connectivity index (χ1) is 22.2. The molecule has 2 fully saturated rings. The largest absolute Gasteiger partial charge is 0.393 e. The van der Waals surface area contributed by atoms with Crippen molar-refractivity contribution in [3.05, 3.63) is 52.3 Å². The molecule has 0 radical (unpaired) electrons. The second-order valence-corrected chi connectivity index (χ2v) is 14.3. The summed E-state index contributed by atoms with van der Waals surface area (Å²) in [6, 6.07) is 9.20. The van der Waals surface area contributed by atoms with Gasteiger partial charge in [-0.25, -0.2) is 9.97 Å². The normalized spacial score (nSPS) is 21.4. The number of aryl methyl sites for hydroxylation is 1. The molecule has 47 heavy (non-hydrogen) atoms. The molecule has 5 heterocycles. The number of halogens is 3. The maximum absolute atomic E-state index is 12.9. The molecule has 2 aliphatic rings.